The molecule has 62 valence electrons. The van der Waals surface area contributed by atoms with E-state index < -0.39 is 0 Å². The van der Waals surface area contributed by atoms with Crippen LogP contribution in [0.2, 0.25) is 0 Å². The molecule has 0 saturated carbocycles. The molecular weight excluding hydrogens is 166 g/mol. The number of furan rings is 1. The summed E-state index contributed by atoms with van der Waals surface area (Å²) in [6.45, 7) is 0. The van der Waals surface area contributed by atoms with Gasteiger partial charge in [-0.3, -0.25) is 0 Å². The topological polar surface area (TPSA) is 62.7 Å². The van der Waals surface area contributed by atoms with Crippen LogP contribution in [0.4, 0.5) is 0 Å². The van der Waals surface area contributed by atoms with E-state index in [1.165, 1.54) is 12.5 Å². The second-order valence-electron chi connectivity index (χ2n) is 2.37. The molecule has 4 nitrogen and oxygen atoms in total. The maximum Gasteiger partial charge on any atom is 0.153 e. The van der Waals surface area contributed by atoms with Crippen LogP contribution >= 0.6 is 0 Å². The quantitative estimate of drug-likeness (QED) is 0.653. The molecule has 0 aliphatic rings. The zero-order chi connectivity index (χ0) is 9.10. The van der Waals surface area contributed by atoms with Gasteiger partial charge in [0, 0.05) is 6.20 Å². The molecule has 2 rings (SSSR count). The Balaban J connectivity index is 2.59. The molecule has 0 atom stereocenters. The molecule has 0 bridgehead atoms. The van der Waals surface area contributed by atoms with E-state index in [2.05, 4.69) is 9.97 Å². The average molecular weight is 171 g/mol. The van der Waals surface area contributed by atoms with Gasteiger partial charge in [-0.25, -0.2) is 9.97 Å². The first-order valence-corrected chi connectivity index (χ1v) is 3.66. The minimum Gasteiger partial charge on any atom is -0.463 e. The van der Waals surface area contributed by atoms with Gasteiger partial charge in [-0.05, 0) is 12.1 Å². The zero-order valence-corrected chi connectivity index (χ0v) is 6.64. The fourth-order valence-electron chi connectivity index (χ4n) is 1.02. The van der Waals surface area contributed by atoms with E-state index in [0.717, 1.165) is 0 Å². The molecule has 0 radical (unpaired) electrons. The Bertz CT molecular complexity index is 442. The van der Waals surface area contributed by atoms with E-state index in [9.17, 15) is 0 Å². The van der Waals surface area contributed by atoms with Gasteiger partial charge in [0.15, 0.2) is 5.76 Å². The van der Waals surface area contributed by atoms with Gasteiger partial charge in [0.05, 0.1) is 11.8 Å². The molecule has 0 amide bonds. The number of aromatic nitrogens is 2. The Hall–Kier alpha value is -2.15. The van der Waals surface area contributed by atoms with Crippen LogP contribution in [0.1, 0.15) is 5.56 Å². The van der Waals surface area contributed by atoms with Crippen LogP contribution in [0, 0.1) is 11.3 Å². The van der Waals surface area contributed by atoms with Gasteiger partial charge in [0.1, 0.15) is 18.1 Å². The predicted octanol–water partition coefficient (Wildman–Crippen LogP) is 1.61. The van der Waals surface area contributed by atoms with Crippen molar-refractivity contribution < 1.29 is 4.42 Å². The number of nitriles is 1. The predicted molar refractivity (Wildman–Crippen MR) is 44.4 cm³/mol. The van der Waals surface area contributed by atoms with Gasteiger partial charge in [0.25, 0.3) is 0 Å². The molecule has 2 aromatic rings. The summed E-state index contributed by atoms with van der Waals surface area (Å²) in [6, 6.07) is 5.50. The summed E-state index contributed by atoms with van der Waals surface area (Å²) in [6.07, 6.45) is 4.39. The SMILES string of the molecule is N#Cc1cncnc1-c1ccco1. The lowest BCUT2D eigenvalue weighted by Gasteiger charge is -1.95. The Kier molecular flexibility index (Phi) is 1.77. The number of hydrogen-bond acceptors (Lipinski definition) is 4. The minimum atomic E-state index is 0.414. The normalized spacial score (nSPS) is 9.46. The highest BCUT2D eigenvalue weighted by Crippen LogP contribution is 2.19. The fraction of sp³-hybridized carbons (Fsp3) is 0. The van der Waals surface area contributed by atoms with Gasteiger partial charge in [-0.15, -0.1) is 0 Å². The lowest BCUT2D eigenvalue weighted by atomic mass is 10.2. The Labute approximate surface area is 74.5 Å². The number of rotatable bonds is 1. The maximum absolute atomic E-state index is 8.75. The lowest BCUT2D eigenvalue weighted by molar-refractivity contribution is 0.579. The molecule has 0 unspecified atom stereocenters. The first-order valence-electron chi connectivity index (χ1n) is 3.66. The summed E-state index contributed by atoms with van der Waals surface area (Å²) in [7, 11) is 0. The highest BCUT2D eigenvalue weighted by atomic mass is 16.3. The molecule has 2 heterocycles. The molecule has 0 aliphatic heterocycles. The van der Waals surface area contributed by atoms with Crippen molar-refractivity contribution in [3.05, 3.63) is 36.5 Å². The molecule has 0 N–H and O–H groups in total. The van der Waals surface area contributed by atoms with Crippen molar-refractivity contribution in [2.45, 2.75) is 0 Å². The first kappa shape index (κ1) is 7.50. The third-order valence-electron chi connectivity index (χ3n) is 1.59. The minimum absolute atomic E-state index is 0.414. The van der Waals surface area contributed by atoms with Crippen LogP contribution in [-0.4, -0.2) is 9.97 Å². The maximum atomic E-state index is 8.75. The van der Waals surface area contributed by atoms with E-state index in [0.29, 0.717) is 17.0 Å². The average Bonchev–Trinajstić information content (AvgIpc) is 2.70. The van der Waals surface area contributed by atoms with Gasteiger partial charge >= 0.3 is 0 Å². The van der Waals surface area contributed by atoms with Crippen molar-refractivity contribution in [1.29, 1.82) is 5.26 Å². The number of nitrogens with zero attached hydrogens (tertiary/aromatic N) is 3. The molecule has 2 aromatic heterocycles. The van der Waals surface area contributed by atoms with Crippen molar-refractivity contribution in [3.8, 4) is 17.5 Å². The van der Waals surface area contributed by atoms with E-state index in [1.807, 2.05) is 6.07 Å². The van der Waals surface area contributed by atoms with E-state index >= 15 is 0 Å². The summed E-state index contributed by atoms with van der Waals surface area (Å²) in [5.74, 6) is 0.582. The summed E-state index contributed by atoms with van der Waals surface area (Å²) >= 11 is 0. The monoisotopic (exact) mass is 171 g/mol. The van der Waals surface area contributed by atoms with Gasteiger partial charge in [0.2, 0.25) is 0 Å². The number of hydrogen-bond donors (Lipinski definition) is 0. The van der Waals surface area contributed by atoms with Crippen molar-refractivity contribution in [1.82, 2.24) is 9.97 Å². The lowest BCUT2D eigenvalue weighted by Crippen LogP contribution is -1.88. The van der Waals surface area contributed by atoms with Crippen LogP contribution < -0.4 is 0 Å². The van der Waals surface area contributed by atoms with E-state index in [4.69, 9.17) is 9.68 Å². The van der Waals surface area contributed by atoms with Gasteiger partial charge in [-0.2, -0.15) is 5.26 Å². The largest absolute Gasteiger partial charge is 0.463 e. The van der Waals surface area contributed by atoms with Crippen LogP contribution in [0.5, 0.6) is 0 Å². The Morgan fingerprint density at radius 2 is 2.38 bits per heavy atom. The molecule has 0 aliphatic carbocycles. The zero-order valence-electron chi connectivity index (χ0n) is 6.64. The van der Waals surface area contributed by atoms with Crippen LogP contribution in [0.15, 0.2) is 35.3 Å². The summed E-state index contributed by atoms with van der Waals surface area (Å²) < 4.78 is 5.12. The van der Waals surface area contributed by atoms with E-state index in [1.54, 1.807) is 18.4 Å². The van der Waals surface area contributed by atoms with Crippen LogP contribution in [-0.2, 0) is 0 Å². The van der Waals surface area contributed by atoms with Crippen molar-refractivity contribution in [2.75, 3.05) is 0 Å². The first-order chi connectivity index (χ1) is 6.42. The molecule has 0 saturated heterocycles. The third-order valence-corrected chi connectivity index (χ3v) is 1.59. The highest BCUT2D eigenvalue weighted by molar-refractivity contribution is 5.60. The molecule has 0 fully saturated rings. The second kappa shape index (κ2) is 3.07. The van der Waals surface area contributed by atoms with E-state index in [-0.39, 0.29) is 0 Å². The second-order valence-corrected chi connectivity index (χ2v) is 2.37. The van der Waals surface area contributed by atoms with Crippen molar-refractivity contribution in [3.63, 3.8) is 0 Å². The van der Waals surface area contributed by atoms with Crippen LogP contribution in [0.25, 0.3) is 11.5 Å². The Morgan fingerprint density at radius 3 is 3.08 bits per heavy atom. The molecule has 0 aromatic carbocycles. The summed E-state index contributed by atoms with van der Waals surface area (Å²) in [4.78, 5) is 7.72. The standard InChI is InChI=1S/C9H5N3O/c10-4-7-5-11-6-12-9(7)8-2-1-3-13-8/h1-3,5-6H. The molecule has 4 heteroatoms. The smallest absolute Gasteiger partial charge is 0.153 e. The van der Waals surface area contributed by atoms with Gasteiger partial charge < -0.3 is 4.42 Å². The molecule has 0 spiro atoms. The Morgan fingerprint density at radius 1 is 1.46 bits per heavy atom. The van der Waals surface area contributed by atoms with Gasteiger partial charge in [-0.1, -0.05) is 0 Å². The van der Waals surface area contributed by atoms with Crippen molar-refractivity contribution in [2.24, 2.45) is 0 Å². The van der Waals surface area contributed by atoms with Crippen LogP contribution in [0.3, 0.4) is 0 Å². The summed E-state index contributed by atoms with van der Waals surface area (Å²) in [5.41, 5.74) is 0.944. The summed E-state index contributed by atoms with van der Waals surface area (Å²) in [5, 5.41) is 8.75. The highest BCUT2D eigenvalue weighted by Gasteiger charge is 2.07. The molecule has 13 heavy (non-hydrogen) atoms. The fourth-order valence-corrected chi connectivity index (χ4v) is 1.02. The van der Waals surface area contributed by atoms with Crippen molar-refractivity contribution >= 4 is 0 Å². The molecular formula is C9H5N3O. The third kappa shape index (κ3) is 1.27.